The van der Waals surface area contributed by atoms with E-state index in [4.69, 9.17) is 18.9 Å². The number of benzene rings is 3. The zero-order chi connectivity index (χ0) is 24.2. The fourth-order valence-electron chi connectivity index (χ4n) is 4.42. The Balaban J connectivity index is -0.000000149. The van der Waals surface area contributed by atoms with Crippen molar-refractivity contribution in [2.45, 2.75) is 69.2 Å². The van der Waals surface area contributed by atoms with Gasteiger partial charge in [0.1, 0.15) is 24.7 Å². The van der Waals surface area contributed by atoms with E-state index in [0.717, 1.165) is 49.1 Å². The first-order chi connectivity index (χ1) is 16.4. The van der Waals surface area contributed by atoms with E-state index in [9.17, 15) is 0 Å². The third-order valence-corrected chi connectivity index (χ3v) is 7.04. The molecule has 0 aliphatic carbocycles. The molecule has 0 atom stereocenters. The van der Waals surface area contributed by atoms with Gasteiger partial charge in [0, 0.05) is 47.9 Å². The van der Waals surface area contributed by atoms with E-state index >= 15 is 0 Å². The maximum Gasteiger partial charge on any atom is 0.164 e. The van der Waals surface area contributed by atoms with Crippen molar-refractivity contribution in [3.63, 3.8) is 0 Å². The smallest absolute Gasteiger partial charge is 0.164 e. The monoisotopic (exact) mass is 534 g/mol. The topological polar surface area (TPSA) is 36.9 Å². The molecule has 0 spiro atoms. The highest BCUT2D eigenvalue weighted by molar-refractivity contribution is 5.76. The zero-order valence-electron chi connectivity index (χ0n) is 23.1. The first-order valence-electron chi connectivity index (χ1n) is 12.2. The molecule has 3 heterocycles. The molecule has 9 radical (unpaired) electrons. The molecule has 6 rings (SSSR count). The summed E-state index contributed by atoms with van der Waals surface area (Å²) in [6.45, 7) is 15.7. The van der Waals surface area contributed by atoms with E-state index in [1.54, 1.807) is 0 Å². The Morgan fingerprint density at radius 2 is 0.949 bits per heavy atom. The van der Waals surface area contributed by atoms with Gasteiger partial charge in [0.05, 0.1) is 13.2 Å². The van der Waals surface area contributed by atoms with Gasteiger partial charge in [0.15, 0.2) is 11.5 Å². The highest BCUT2D eigenvalue weighted by Crippen LogP contribution is 2.35. The maximum absolute atomic E-state index is 5.51. The van der Waals surface area contributed by atoms with Crippen molar-refractivity contribution >= 4 is 25.2 Å². The van der Waals surface area contributed by atoms with E-state index in [0.29, 0.717) is 13.2 Å². The molecule has 211 valence electrons. The third kappa shape index (κ3) is 8.52. The van der Waals surface area contributed by atoms with E-state index in [2.05, 4.69) is 71.9 Å². The molecule has 3 aromatic rings. The van der Waals surface area contributed by atoms with Crippen LogP contribution >= 0.6 is 0 Å². The van der Waals surface area contributed by atoms with Gasteiger partial charge < -0.3 is 18.9 Å². The molecular weight excluding hydrogens is 481 g/mol. The predicted octanol–water partition coefficient (Wildman–Crippen LogP) is 7.42. The number of hydrogen-bond acceptors (Lipinski definition) is 4. The molecule has 3 aromatic carbocycles. The van der Waals surface area contributed by atoms with Crippen LogP contribution in [-0.4, -0.2) is 51.7 Å². The van der Waals surface area contributed by atoms with Gasteiger partial charge in [0.2, 0.25) is 0 Å². The zero-order valence-corrected chi connectivity index (χ0v) is 23.1. The summed E-state index contributed by atoms with van der Waals surface area (Å²) in [6.07, 6.45) is 2.17. The summed E-state index contributed by atoms with van der Waals surface area (Å²) >= 11 is 0. The summed E-state index contributed by atoms with van der Waals surface area (Å²) in [5, 5.41) is 0. The second-order valence-electron chi connectivity index (χ2n) is 9.21. The Morgan fingerprint density at radius 1 is 0.487 bits per heavy atom. The van der Waals surface area contributed by atoms with Crippen molar-refractivity contribution in [1.29, 1.82) is 0 Å². The second kappa shape index (κ2) is 16.9. The Morgan fingerprint density at radius 3 is 1.62 bits per heavy atom. The standard InChI is InChI=1S/C10H12O2.2C10H12O.2CH4.3B.3H2/c1-7-3-4-9-10(8(7)2)12-6-5-11-9;1-7-3-4-10-9(8(7)2)5-6-11-10;1-7-3-4-9-5-6-11-10(9)8(7)2;;;;;;;;/h3-4H,5-6H2,1-2H3;2*3-4H,5-6H2,1-2H3;2*1H4;;;;3*1H/i;;;;;;;;3*1+1. The molecule has 0 unspecified atom stereocenters. The predicted molar refractivity (Wildman–Crippen MR) is 174 cm³/mol. The van der Waals surface area contributed by atoms with E-state index < -0.39 is 0 Å². The maximum atomic E-state index is 5.51. The van der Waals surface area contributed by atoms with E-state index in [-0.39, 0.29) is 44.4 Å². The van der Waals surface area contributed by atoms with Crippen LogP contribution in [-0.2, 0) is 12.8 Å². The summed E-state index contributed by atoms with van der Waals surface area (Å²) in [4.78, 5) is 0. The largest absolute Gasteiger partial charge is 0.493 e. The molecule has 0 bridgehead atoms. The van der Waals surface area contributed by atoms with Crippen LogP contribution in [0, 0.1) is 41.5 Å². The number of rotatable bonds is 0. The lowest BCUT2D eigenvalue weighted by Crippen LogP contribution is -2.16. The Labute approximate surface area is 248 Å². The third-order valence-electron chi connectivity index (χ3n) is 7.04. The molecule has 0 saturated heterocycles. The Hall–Kier alpha value is -2.95. The van der Waals surface area contributed by atoms with E-state index in [1.807, 2.05) is 6.07 Å². The molecule has 39 heavy (non-hydrogen) atoms. The first-order valence-corrected chi connectivity index (χ1v) is 12.2. The van der Waals surface area contributed by atoms with Crippen LogP contribution in [0.4, 0.5) is 0 Å². The van der Waals surface area contributed by atoms with Crippen LogP contribution in [0.25, 0.3) is 0 Å². The number of aryl methyl sites for hydroxylation is 3. The second-order valence-corrected chi connectivity index (χ2v) is 9.21. The van der Waals surface area contributed by atoms with Gasteiger partial charge in [-0.15, -0.1) is 0 Å². The molecule has 3 aliphatic rings. The van der Waals surface area contributed by atoms with Gasteiger partial charge in [-0.3, -0.25) is 0 Å². The molecule has 0 aromatic heterocycles. The fraction of sp³-hybridized carbons (Fsp3) is 0.438. The van der Waals surface area contributed by atoms with Crippen LogP contribution in [0.1, 0.15) is 63.6 Å². The molecule has 0 saturated carbocycles. The quantitative estimate of drug-likeness (QED) is 0.282. The minimum Gasteiger partial charge on any atom is -0.493 e. The van der Waals surface area contributed by atoms with Gasteiger partial charge in [0.25, 0.3) is 0 Å². The summed E-state index contributed by atoms with van der Waals surface area (Å²) in [5.74, 6) is 4.02. The van der Waals surface area contributed by atoms with Gasteiger partial charge >= 0.3 is 0 Å². The SMILES string of the molecule is C.C.Cc1ccc2c(c1C)CCO2.Cc1ccc2c(c1C)OCC2.Cc1ccc2c(c1C)OCCO2.[2HH].[2HH].[2HH].[B].[B].[B]. The lowest BCUT2D eigenvalue weighted by molar-refractivity contribution is 0.170. The summed E-state index contributed by atoms with van der Waals surface area (Å²) in [7, 11) is 0. The number of fused-ring (bicyclic) bond motifs is 3. The average Bonchev–Trinajstić information content (AvgIpc) is 3.53. The lowest BCUT2D eigenvalue weighted by atomic mass is 10.0. The van der Waals surface area contributed by atoms with Crippen molar-refractivity contribution in [1.82, 2.24) is 0 Å². The van der Waals surface area contributed by atoms with Crippen molar-refractivity contribution in [3.05, 3.63) is 80.9 Å². The van der Waals surface area contributed by atoms with Crippen LogP contribution in [0.15, 0.2) is 36.4 Å². The van der Waals surface area contributed by atoms with Crippen molar-refractivity contribution in [2.24, 2.45) is 0 Å². The van der Waals surface area contributed by atoms with Crippen LogP contribution in [0.2, 0.25) is 0 Å². The summed E-state index contributed by atoms with van der Waals surface area (Å²) in [6, 6.07) is 12.6. The summed E-state index contributed by atoms with van der Waals surface area (Å²) in [5.41, 5.74) is 10.6. The molecule has 0 amide bonds. The molecular formula is C32H50B3O4. The highest BCUT2D eigenvalue weighted by Gasteiger charge is 2.16. The van der Waals surface area contributed by atoms with Crippen molar-refractivity contribution < 1.29 is 23.2 Å². The number of hydrogen-bond donors (Lipinski definition) is 0. The molecule has 0 fully saturated rings. The number of ether oxygens (including phenoxy) is 4. The minimum absolute atomic E-state index is 0. The highest BCUT2D eigenvalue weighted by atomic mass is 16.6. The van der Waals surface area contributed by atoms with Crippen LogP contribution in [0.3, 0.4) is 0 Å². The van der Waals surface area contributed by atoms with Gasteiger partial charge in [-0.25, -0.2) is 0 Å². The molecule has 7 heteroatoms. The van der Waals surface area contributed by atoms with Crippen molar-refractivity contribution in [2.75, 3.05) is 26.4 Å². The van der Waals surface area contributed by atoms with Crippen molar-refractivity contribution in [3.8, 4) is 23.0 Å². The van der Waals surface area contributed by atoms with Crippen LogP contribution < -0.4 is 18.9 Å². The lowest BCUT2D eigenvalue weighted by Gasteiger charge is -2.20. The molecule has 3 aliphatic heterocycles. The van der Waals surface area contributed by atoms with Gasteiger partial charge in [-0.05, 0) is 92.6 Å². The van der Waals surface area contributed by atoms with Gasteiger partial charge in [-0.2, -0.15) is 0 Å². The minimum atomic E-state index is 0. The summed E-state index contributed by atoms with van der Waals surface area (Å²) < 4.78 is 21.9. The van der Waals surface area contributed by atoms with Crippen LogP contribution in [0.5, 0.6) is 23.0 Å². The molecule has 4 nitrogen and oxygen atoms in total. The fourth-order valence-corrected chi connectivity index (χ4v) is 4.42. The Kier molecular flexibility index (Phi) is 16.5. The Bertz CT molecular complexity index is 1150. The average molecular weight is 534 g/mol. The normalized spacial score (nSPS) is 12.6. The van der Waals surface area contributed by atoms with Gasteiger partial charge in [-0.1, -0.05) is 39.1 Å². The first kappa shape index (κ1) is 38.2. The molecule has 0 N–H and O–H groups in total. The van der Waals surface area contributed by atoms with E-state index in [1.165, 1.54) is 44.5 Å².